The summed E-state index contributed by atoms with van der Waals surface area (Å²) < 4.78 is 31.6. The number of hydrogen-bond donors (Lipinski definition) is 1. The third-order valence-corrected chi connectivity index (χ3v) is 1.70. The van der Waals surface area contributed by atoms with E-state index in [0.717, 1.165) is 0 Å². The summed E-state index contributed by atoms with van der Waals surface area (Å²) >= 11 is 0.700. The van der Waals surface area contributed by atoms with Crippen LogP contribution in [-0.2, 0) is 14.0 Å². The Morgan fingerprint density at radius 1 is 1.56 bits per heavy atom. The van der Waals surface area contributed by atoms with Crippen molar-refractivity contribution in [3.8, 4) is 0 Å². The number of hydrogen-bond acceptors (Lipinski definition) is 4. The Hall–Kier alpha value is 0.220. The van der Waals surface area contributed by atoms with Gasteiger partial charge in [0.1, 0.15) is 0 Å². The van der Waals surface area contributed by atoms with E-state index in [0.29, 0.717) is 12.0 Å². The average Bonchev–Trinajstić information content (AvgIpc) is 1.59. The van der Waals surface area contributed by atoms with E-state index in [1.54, 1.807) is 13.8 Å². The fraction of sp³-hybridized carbons (Fsp3) is 1.00. The minimum absolute atomic E-state index is 0.0203. The van der Waals surface area contributed by atoms with Gasteiger partial charge in [0, 0.05) is 17.3 Å². The summed E-state index contributed by atoms with van der Waals surface area (Å²) in [5.74, 6) is 0. The van der Waals surface area contributed by atoms with E-state index in [2.05, 4.69) is 3.63 Å². The van der Waals surface area contributed by atoms with Crippen LogP contribution in [0.4, 0.5) is 0 Å². The minimum atomic E-state index is -4.26. The lowest BCUT2D eigenvalue weighted by Crippen LogP contribution is -1.99. The predicted molar refractivity (Wildman–Crippen MR) is 35.4 cm³/mol. The van der Waals surface area contributed by atoms with Crippen molar-refractivity contribution in [2.45, 2.75) is 19.1 Å². The minimum Gasteiger partial charge on any atom is -0.263 e. The van der Waals surface area contributed by atoms with Gasteiger partial charge in [0.2, 0.25) is 0 Å². The Bertz CT molecular complexity index is 159. The summed E-state index contributed by atoms with van der Waals surface area (Å²) in [6.07, 6.45) is 0. The van der Waals surface area contributed by atoms with Crippen LogP contribution >= 0.6 is 12.0 Å². The molecule has 1 N–H and O–H groups in total. The Balaban J connectivity index is 3.53. The van der Waals surface area contributed by atoms with Crippen LogP contribution < -0.4 is 0 Å². The molecular weight excluding hydrogens is 164 g/mol. The average molecular weight is 172 g/mol. The molecule has 0 aromatic heterocycles. The van der Waals surface area contributed by atoms with Gasteiger partial charge in [0.15, 0.2) is 0 Å². The topological polar surface area (TPSA) is 63.6 Å². The highest BCUT2D eigenvalue weighted by molar-refractivity contribution is 8.03. The summed E-state index contributed by atoms with van der Waals surface area (Å²) in [7, 11) is -4.26. The molecule has 0 aliphatic heterocycles. The Morgan fingerprint density at radius 2 is 2.00 bits per heavy atom. The lowest BCUT2D eigenvalue weighted by molar-refractivity contribution is 0.407. The van der Waals surface area contributed by atoms with Crippen molar-refractivity contribution in [3.63, 3.8) is 0 Å². The molecule has 0 aromatic rings. The molecule has 4 nitrogen and oxygen atoms in total. The zero-order chi connectivity index (χ0) is 7.49. The van der Waals surface area contributed by atoms with Crippen LogP contribution in [0.5, 0.6) is 0 Å². The summed E-state index contributed by atoms with van der Waals surface area (Å²) in [5, 5.41) is 0.0203. The van der Waals surface area contributed by atoms with Crippen molar-refractivity contribution in [1.82, 2.24) is 0 Å². The second-order valence-electron chi connectivity index (χ2n) is 1.64. The molecule has 0 aromatic carbocycles. The van der Waals surface area contributed by atoms with Gasteiger partial charge < -0.3 is 0 Å². The molecule has 0 spiro atoms. The summed E-state index contributed by atoms with van der Waals surface area (Å²) in [5.41, 5.74) is 0. The van der Waals surface area contributed by atoms with E-state index < -0.39 is 10.4 Å². The molecule has 0 rings (SSSR count). The predicted octanol–water partition coefficient (Wildman–Crippen LogP) is 0.862. The van der Waals surface area contributed by atoms with Crippen molar-refractivity contribution < 1.29 is 16.6 Å². The van der Waals surface area contributed by atoms with Gasteiger partial charge in [-0.3, -0.25) is 4.55 Å². The first-order valence-corrected chi connectivity index (χ1v) is 4.41. The molecule has 0 heterocycles. The summed E-state index contributed by atoms with van der Waals surface area (Å²) in [6.45, 7) is 3.49. The van der Waals surface area contributed by atoms with Crippen LogP contribution in [0.3, 0.4) is 0 Å². The number of rotatable bonds is 3. The van der Waals surface area contributed by atoms with Gasteiger partial charge in [-0.15, -0.1) is 0 Å². The van der Waals surface area contributed by atoms with Crippen molar-refractivity contribution in [2.75, 3.05) is 0 Å². The lowest BCUT2D eigenvalue weighted by Gasteiger charge is -1.98. The molecule has 0 atom stereocenters. The quantitative estimate of drug-likeness (QED) is 0.505. The molecule has 9 heavy (non-hydrogen) atoms. The molecular formula is C3H8O4S2. The second kappa shape index (κ2) is 3.40. The van der Waals surface area contributed by atoms with Gasteiger partial charge in [0.05, 0.1) is 0 Å². The van der Waals surface area contributed by atoms with Crippen LogP contribution in [0.15, 0.2) is 0 Å². The molecule has 0 saturated carbocycles. The highest BCUT2D eigenvalue weighted by Crippen LogP contribution is 2.12. The standard InChI is InChI=1S/C3H8O4S2/c1-3(2)8-7-9(4,5)6/h3H,1-2H3,(H,4,5,6). The van der Waals surface area contributed by atoms with Gasteiger partial charge in [-0.05, 0) is 0 Å². The van der Waals surface area contributed by atoms with E-state index in [-0.39, 0.29) is 5.25 Å². The molecule has 0 radical (unpaired) electrons. The van der Waals surface area contributed by atoms with Crippen molar-refractivity contribution in [2.24, 2.45) is 0 Å². The summed E-state index contributed by atoms with van der Waals surface area (Å²) in [6, 6.07) is 0. The van der Waals surface area contributed by atoms with Crippen LogP contribution in [0, 0.1) is 0 Å². The molecule has 0 amide bonds. The Morgan fingerprint density at radius 3 is 2.11 bits per heavy atom. The van der Waals surface area contributed by atoms with Gasteiger partial charge >= 0.3 is 10.4 Å². The molecule has 56 valence electrons. The van der Waals surface area contributed by atoms with Crippen LogP contribution in [0.1, 0.15) is 13.8 Å². The van der Waals surface area contributed by atoms with Gasteiger partial charge in [-0.2, -0.15) is 12.0 Å². The highest BCUT2D eigenvalue weighted by Gasteiger charge is 2.05. The van der Waals surface area contributed by atoms with Gasteiger partial charge in [0.25, 0.3) is 0 Å². The van der Waals surface area contributed by atoms with Crippen molar-refractivity contribution in [1.29, 1.82) is 0 Å². The second-order valence-corrected chi connectivity index (χ2v) is 4.18. The van der Waals surface area contributed by atoms with E-state index in [9.17, 15) is 8.42 Å². The fourth-order valence-corrected chi connectivity index (χ4v) is 1.15. The zero-order valence-electron chi connectivity index (χ0n) is 5.07. The van der Waals surface area contributed by atoms with Crippen LogP contribution in [0.2, 0.25) is 0 Å². The lowest BCUT2D eigenvalue weighted by atomic mass is 10.6. The normalized spacial score (nSPS) is 12.4. The van der Waals surface area contributed by atoms with Gasteiger partial charge in [-0.1, -0.05) is 13.8 Å². The van der Waals surface area contributed by atoms with Crippen molar-refractivity contribution in [3.05, 3.63) is 0 Å². The third kappa shape index (κ3) is 8.22. The molecule has 0 aliphatic carbocycles. The smallest absolute Gasteiger partial charge is 0.263 e. The monoisotopic (exact) mass is 172 g/mol. The Labute approximate surface area is 58.8 Å². The SMILES string of the molecule is CC(C)SOS(=O)(=O)O. The maximum absolute atomic E-state index is 9.85. The summed E-state index contributed by atoms with van der Waals surface area (Å²) in [4.78, 5) is 0. The first kappa shape index (κ1) is 9.22. The van der Waals surface area contributed by atoms with E-state index >= 15 is 0 Å². The molecule has 0 aliphatic rings. The Kier molecular flexibility index (Phi) is 3.49. The zero-order valence-corrected chi connectivity index (χ0v) is 6.70. The molecule has 0 bridgehead atoms. The largest absolute Gasteiger partial charge is 0.408 e. The van der Waals surface area contributed by atoms with Crippen molar-refractivity contribution >= 4 is 22.4 Å². The van der Waals surface area contributed by atoms with Crippen LogP contribution in [0.25, 0.3) is 0 Å². The third-order valence-electron chi connectivity index (χ3n) is 0.318. The molecule has 0 fully saturated rings. The van der Waals surface area contributed by atoms with Gasteiger partial charge in [-0.25, -0.2) is 0 Å². The first-order valence-electron chi connectivity index (χ1n) is 2.24. The van der Waals surface area contributed by atoms with Crippen LogP contribution in [-0.4, -0.2) is 18.2 Å². The molecule has 0 unspecified atom stereocenters. The van der Waals surface area contributed by atoms with E-state index in [1.807, 2.05) is 0 Å². The molecule has 6 heteroatoms. The molecule has 0 saturated heterocycles. The maximum Gasteiger partial charge on any atom is 0.408 e. The highest BCUT2D eigenvalue weighted by atomic mass is 32.3. The first-order chi connectivity index (χ1) is 3.92. The maximum atomic E-state index is 9.85. The van der Waals surface area contributed by atoms with E-state index in [4.69, 9.17) is 4.55 Å². The van der Waals surface area contributed by atoms with E-state index in [1.165, 1.54) is 0 Å². The fourth-order valence-electron chi connectivity index (χ4n) is 0.128.